The van der Waals surface area contributed by atoms with E-state index in [4.69, 9.17) is 0 Å². The van der Waals surface area contributed by atoms with Crippen LogP contribution in [0, 0.1) is 20.8 Å². The molecule has 1 N–H and O–H groups in total. The van der Waals surface area contributed by atoms with E-state index in [1.54, 1.807) is 0 Å². The molecule has 1 aromatic heterocycles. The Kier molecular flexibility index (Phi) is 5.36. The van der Waals surface area contributed by atoms with Gasteiger partial charge in [0.25, 0.3) is 0 Å². The lowest BCUT2D eigenvalue weighted by molar-refractivity contribution is -0.121. The quantitative estimate of drug-likeness (QED) is 0.709. The van der Waals surface area contributed by atoms with Crippen LogP contribution in [0.2, 0.25) is 0 Å². The highest BCUT2D eigenvalue weighted by atomic mass is 16.1. The zero-order valence-corrected chi connectivity index (χ0v) is 16.0. The van der Waals surface area contributed by atoms with Crippen molar-refractivity contribution >= 4 is 16.8 Å². The van der Waals surface area contributed by atoms with Gasteiger partial charge in [-0.05, 0) is 49.9 Å². The van der Waals surface area contributed by atoms with Crippen LogP contribution in [0.5, 0.6) is 0 Å². The Morgan fingerprint density at radius 3 is 2.42 bits per heavy atom. The lowest BCUT2D eigenvalue weighted by Crippen LogP contribution is -2.30. The molecule has 1 heterocycles. The van der Waals surface area contributed by atoms with E-state index in [9.17, 15) is 4.79 Å². The van der Waals surface area contributed by atoms with Gasteiger partial charge in [0, 0.05) is 11.1 Å². The van der Waals surface area contributed by atoms with Crippen LogP contribution in [0.15, 0.2) is 48.5 Å². The van der Waals surface area contributed by atoms with Gasteiger partial charge in [-0.25, -0.2) is 0 Å². The molecular weight excluding hydrogens is 320 g/mol. The van der Waals surface area contributed by atoms with Crippen LogP contribution in [0.3, 0.4) is 0 Å². The molecule has 0 aliphatic carbocycles. The summed E-state index contributed by atoms with van der Waals surface area (Å²) in [7, 11) is 0. The lowest BCUT2D eigenvalue weighted by atomic mass is 9.98. The number of hydrogen-bond donors (Lipinski definition) is 1. The molecule has 3 nitrogen and oxygen atoms in total. The van der Waals surface area contributed by atoms with Crippen molar-refractivity contribution in [3.8, 4) is 0 Å². The highest BCUT2D eigenvalue weighted by Gasteiger charge is 2.16. The maximum atomic E-state index is 12.7. The molecule has 0 saturated carbocycles. The molecule has 3 aromatic rings. The van der Waals surface area contributed by atoms with Crippen LogP contribution in [0.1, 0.15) is 47.3 Å². The number of aromatic nitrogens is 1. The van der Waals surface area contributed by atoms with E-state index in [-0.39, 0.29) is 11.9 Å². The highest BCUT2D eigenvalue weighted by Crippen LogP contribution is 2.23. The fourth-order valence-electron chi connectivity index (χ4n) is 3.46. The predicted octanol–water partition coefficient (Wildman–Crippen LogP) is 4.97. The molecule has 1 amide bonds. The van der Waals surface area contributed by atoms with E-state index >= 15 is 0 Å². The molecule has 0 radical (unpaired) electrons. The minimum Gasteiger partial charge on any atom is -0.349 e. The van der Waals surface area contributed by atoms with Gasteiger partial charge in [0.05, 0.1) is 18.0 Å². The zero-order chi connectivity index (χ0) is 18.7. The predicted molar refractivity (Wildman–Crippen MR) is 107 cm³/mol. The Morgan fingerprint density at radius 1 is 1.04 bits per heavy atom. The number of benzene rings is 2. The van der Waals surface area contributed by atoms with Crippen molar-refractivity contribution in [3.63, 3.8) is 0 Å². The molecule has 0 saturated heterocycles. The number of rotatable bonds is 5. The van der Waals surface area contributed by atoms with Crippen molar-refractivity contribution in [1.82, 2.24) is 10.3 Å². The Balaban J connectivity index is 1.81. The van der Waals surface area contributed by atoms with Crippen molar-refractivity contribution in [2.45, 2.75) is 46.6 Å². The number of carbonyl (C=O) groups is 1. The number of hydrogen-bond acceptors (Lipinski definition) is 2. The van der Waals surface area contributed by atoms with E-state index in [1.807, 2.05) is 25.1 Å². The lowest BCUT2D eigenvalue weighted by Gasteiger charge is -2.19. The van der Waals surface area contributed by atoms with Gasteiger partial charge in [-0.2, -0.15) is 0 Å². The van der Waals surface area contributed by atoms with Gasteiger partial charge in [-0.3, -0.25) is 9.78 Å². The molecule has 3 heteroatoms. The topological polar surface area (TPSA) is 42.0 Å². The minimum atomic E-state index is 0.0390. The summed E-state index contributed by atoms with van der Waals surface area (Å²) in [6.07, 6.45) is 1.22. The van der Waals surface area contributed by atoms with Crippen molar-refractivity contribution < 1.29 is 4.79 Å². The first-order valence-corrected chi connectivity index (χ1v) is 9.20. The maximum absolute atomic E-state index is 12.7. The SMILES string of the molecule is CC[C@H](NC(=O)Cc1c(C)nc2ccccc2c1C)c1ccc(C)cc1. The standard InChI is InChI=1S/C23H26N2O/c1-5-21(18-12-10-15(2)11-13-18)25-23(26)14-20-16(3)19-8-6-7-9-22(19)24-17(20)4/h6-13,21H,5,14H2,1-4H3,(H,25,26)/t21-/m0/s1. The number of amides is 1. The zero-order valence-electron chi connectivity index (χ0n) is 16.0. The summed E-state index contributed by atoms with van der Waals surface area (Å²) in [6, 6.07) is 16.5. The van der Waals surface area contributed by atoms with Crippen molar-refractivity contribution in [3.05, 3.63) is 76.5 Å². The molecule has 0 aliphatic heterocycles. The van der Waals surface area contributed by atoms with Crippen molar-refractivity contribution in [1.29, 1.82) is 0 Å². The molecule has 26 heavy (non-hydrogen) atoms. The van der Waals surface area contributed by atoms with Gasteiger partial charge in [0.15, 0.2) is 0 Å². The number of carbonyl (C=O) groups excluding carboxylic acids is 1. The molecule has 134 valence electrons. The average molecular weight is 346 g/mol. The first kappa shape index (κ1) is 18.1. The average Bonchev–Trinajstić information content (AvgIpc) is 2.64. The van der Waals surface area contributed by atoms with Crippen molar-refractivity contribution in [2.24, 2.45) is 0 Å². The summed E-state index contributed by atoms with van der Waals surface area (Å²) >= 11 is 0. The van der Waals surface area contributed by atoms with Crippen LogP contribution < -0.4 is 5.32 Å². The Bertz CT molecular complexity index is 929. The first-order chi connectivity index (χ1) is 12.5. The molecule has 0 aliphatic rings. The number of para-hydroxylation sites is 1. The first-order valence-electron chi connectivity index (χ1n) is 9.20. The Hall–Kier alpha value is -2.68. The molecule has 2 aromatic carbocycles. The molecule has 0 unspecified atom stereocenters. The van der Waals surface area contributed by atoms with E-state index < -0.39 is 0 Å². The summed E-state index contributed by atoms with van der Waals surface area (Å²) in [5.41, 5.74) is 6.46. The number of fused-ring (bicyclic) bond motifs is 1. The summed E-state index contributed by atoms with van der Waals surface area (Å²) in [4.78, 5) is 17.4. The van der Waals surface area contributed by atoms with Gasteiger partial charge < -0.3 is 5.32 Å². The van der Waals surface area contributed by atoms with Crippen LogP contribution in [0.25, 0.3) is 10.9 Å². The second-order valence-electron chi connectivity index (χ2n) is 6.93. The molecule has 0 fully saturated rings. The summed E-state index contributed by atoms with van der Waals surface area (Å²) in [5, 5.41) is 4.30. The van der Waals surface area contributed by atoms with Crippen LogP contribution >= 0.6 is 0 Å². The van der Waals surface area contributed by atoms with Gasteiger partial charge in [-0.15, -0.1) is 0 Å². The summed E-state index contributed by atoms with van der Waals surface area (Å²) < 4.78 is 0. The van der Waals surface area contributed by atoms with E-state index in [1.165, 1.54) is 5.56 Å². The monoisotopic (exact) mass is 346 g/mol. The number of nitrogens with zero attached hydrogens (tertiary/aromatic N) is 1. The molecule has 0 spiro atoms. The van der Waals surface area contributed by atoms with Gasteiger partial charge in [0.2, 0.25) is 5.91 Å². The second kappa shape index (κ2) is 7.69. The molecule has 0 bridgehead atoms. The molecule has 3 rings (SSSR count). The Morgan fingerprint density at radius 2 is 1.73 bits per heavy atom. The maximum Gasteiger partial charge on any atom is 0.224 e. The number of aryl methyl sites for hydroxylation is 3. The largest absolute Gasteiger partial charge is 0.349 e. The summed E-state index contributed by atoms with van der Waals surface area (Å²) in [5.74, 6) is 0.0423. The third-order valence-corrected chi connectivity index (χ3v) is 5.05. The van der Waals surface area contributed by atoms with E-state index in [0.29, 0.717) is 6.42 Å². The minimum absolute atomic E-state index is 0.0390. The van der Waals surface area contributed by atoms with Crippen LogP contribution in [-0.4, -0.2) is 10.9 Å². The highest BCUT2D eigenvalue weighted by molar-refractivity contribution is 5.86. The third-order valence-electron chi connectivity index (χ3n) is 5.05. The van der Waals surface area contributed by atoms with E-state index in [2.05, 4.69) is 61.4 Å². The summed E-state index contributed by atoms with van der Waals surface area (Å²) in [6.45, 7) is 8.23. The normalized spacial score (nSPS) is 12.2. The smallest absolute Gasteiger partial charge is 0.224 e. The fourth-order valence-corrected chi connectivity index (χ4v) is 3.46. The third kappa shape index (κ3) is 3.77. The van der Waals surface area contributed by atoms with Gasteiger partial charge in [0.1, 0.15) is 0 Å². The van der Waals surface area contributed by atoms with E-state index in [0.717, 1.165) is 39.7 Å². The number of pyridine rings is 1. The molecule has 1 atom stereocenters. The fraction of sp³-hybridized carbons (Fsp3) is 0.304. The van der Waals surface area contributed by atoms with Crippen molar-refractivity contribution in [2.75, 3.05) is 0 Å². The van der Waals surface area contributed by atoms with Gasteiger partial charge >= 0.3 is 0 Å². The Labute approximate surface area is 155 Å². The second-order valence-corrected chi connectivity index (χ2v) is 6.93. The van der Waals surface area contributed by atoms with Gasteiger partial charge in [-0.1, -0.05) is 55.0 Å². The number of nitrogens with one attached hydrogen (secondary N) is 1. The van der Waals surface area contributed by atoms with Crippen LogP contribution in [-0.2, 0) is 11.2 Å². The molecular formula is C23H26N2O. The van der Waals surface area contributed by atoms with Crippen LogP contribution in [0.4, 0.5) is 0 Å².